The third kappa shape index (κ3) is 6.76. The molecule has 6 heteroatoms. The number of benzene rings is 8. The minimum atomic E-state index is 0.414. The van der Waals surface area contributed by atoms with Gasteiger partial charge in [0.15, 0.2) is 17.5 Å². The van der Waals surface area contributed by atoms with Crippen molar-refractivity contribution in [2.75, 3.05) is 0 Å². The summed E-state index contributed by atoms with van der Waals surface area (Å²) in [4.78, 5) is 15.2. The summed E-state index contributed by atoms with van der Waals surface area (Å²) >= 11 is 0. The van der Waals surface area contributed by atoms with Crippen molar-refractivity contribution in [3.63, 3.8) is 0 Å². The first-order valence-electron chi connectivity index (χ1n) is 20.6. The Morgan fingerprint density at radius 2 is 0.984 bits per heavy atom. The summed E-state index contributed by atoms with van der Waals surface area (Å²) in [5, 5.41) is 15.7. The minimum absolute atomic E-state index is 0.414. The molecule has 6 nitrogen and oxygen atoms in total. The van der Waals surface area contributed by atoms with Gasteiger partial charge in [-0.1, -0.05) is 194 Å². The van der Waals surface area contributed by atoms with Crippen molar-refractivity contribution in [2.24, 2.45) is 0 Å². The van der Waals surface area contributed by atoms with Crippen LogP contribution in [0, 0.1) is 5.41 Å². The largest absolute Gasteiger partial charge is 0.455 e. The van der Waals surface area contributed by atoms with Gasteiger partial charge in [-0.3, -0.25) is 5.41 Å². The number of furan rings is 1. The molecule has 0 spiro atoms. The zero-order valence-corrected chi connectivity index (χ0v) is 33.5. The first-order valence-corrected chi connectivity index (χ1v) is 20.6. The van der Waals surface area contributed by atoms with Crippen LogP contribution < -0.4 is 5.32 Å². The van der Waals surface area contributed by atoms with Crippen LogP contribution in [0.25, 0.3) is 90.3 Å². The molecule has 0 amide bonds. The molecule has 1 aliphatic rings. The highest BCUT2D eigenvalue weighted by molar-refractivity contribution is 6.36. The molecule has 2 N–H and O–H groups in total. The average Bonchev–Trinajstić information content (AvgIpc) is 3.74. The van der Waals surface area contributed by atoms with E-state index in [0.717, 1.165) is 94.5 Å². The smallest absolute Gasteiger partial charge is 0.164 e. The lowest BCUT2D eigenvalue weighted by Gasteiger charge is -2.26. The van der Waals surface area contributed by atoms with Crippen LogP contribution >= 0.6 is 0 Å². The molecule has 1 aliphatic heterocycles. The average molecular weight is 796 g/mol. The molecule has 0 aliphatic carbocycles. The molecular weight excluding hydrogens is 759 g/mol. The molecule has 0 saturated heterocycles. The summed E-state index contributed by atoms with van der Waals surface area (Å²) in [5.41, 5.74) is 14.2. The second-order valence-corrected chi connectivity index (χ2v) is 15.2. The Balaban J connectivity index is 1.03. The lowest BCUT2D eigenvalue weighted by atomic mass is 9.87. The Morgan fingerprint density at radius 3 is 1.74 bits per heavy atom. The molecule has 0 radical (unpaired) electrons. The van der Waals surface area contributed by atoms with E-state index in [9.17, 15) is 5.41 Å². The van der Waals surface area contributed by atoms with Gasteiger partial charge in [0.2, 0.25) is 0 Å². The molecule has 292 valence electrons. The lowest BCUT2D eigenvalue weighted by molar-refractivity contribution is 0.670. The summed E-state index contributed by atoms with van der Waals surface area (Å²) < 4.78 is 6.42. The van der Waals surface area contributed by atoms with Crippen LogP contribution in [-0.2, 0) is 0 Å². The van der Waals surface area contributed by atoms with Gasteiger partial charge in [-0.15, -0.1) is 0 Å². The molecule has 0 unspecified atom stereocenters. The highest BCUT2D eigenvalue weighted by atomic mass is 16.3. The zero-order valence-electron chi connectivity index (χ0n) is 33.5. The van der Waals surface area contributed by atoms with Crippen LogP contribution in [0.2, 0.25) is 0 Å². The van der Waals surface area contributed by atoms with Crippen molar-refractivity contribution < 1.29 is 4.42 Å². The highest BCUT2D eigenvalue weighted by Crippen LogP contribution is 2.39. The van der Waals surface area contributed by atoms with Gasteiger partial charge in [-0.25, -0.2) is 15.0 Å². The Bertz CT molecular complexity index is 3370. The van der Waals surface area contributed by atoms with E-state index < -0.39 is 0 Å². The van der Waals surface area contributed by atoms with Gasteiger partial charge >= 0.3 is 0 Å². The van der Waals surface area contributed by atoms with Crippen molar-refractivity contribution in [1.29, 1.82) is 5.41 Å². The molecule has 0 fully saturated rings. The number of nitrogens with one attached hydrogen (secondary N) is 2. The lowest BCUT2D eigenvalue weighted by Crippen LogP contribution is -2.20. The molecule has 3 heterocycles. The van der Waals surface area contributed by atoms with Gasteiger partial charge in [0.25, 0.3) is 0 Å². The predicted molar refractivity (Wildman–Crippen MR) is 253 cm³/mol. The fourth-order valence-electron chi connectivity index (χ4n) is 8.31. The zero-order chi connectivity index (χ0) is 41.4. The monoisotopic (exact) mass is 795 g/mol. The number of allylic oxidation sites excluding steroid dienone is 1. The number of hydrogen-bond acceptors (Lipinski definition) is 6. The Labute approximate surface area is 358 Å². The van der Waals surface area contributed by atoms with Gasteiger partial charge in [0.05, 0.1) is 11.4 Å². The standard InChI is InChI=1S/C56H37N5O/c57-51(38-18-6-2-7-19-38)50(52-44-25-11-10-22-42(44)35-48(58-52)36-16-4-1-5-17-36)37-30-32-40(33-31-37)55-59-54(39-20-8-3-9-21-39)60-56(61-55)43-24-14-23-41(34-43)45-27-15-28-47-46-26-12-13-29-49(46)62-53(45)47/h1-35,57-58H/b52-50-,57-51?. The van der Waals surface area contributed by atoms with Gasteiger partial charge in [0.1, 0.15) is 11.2 Å². The normalized spacial score (nSPS) is 13.0. The van der Waals surface area contributed by atoms with E-state index in [-0.39, 0.29) is 0 Å². The van der Waals surface area contributed by atoms with Crippen LogP contribution in [0.3, 0.4) is 0 Å². The first kappa shape index (κ1) is 36.6. The van der Waals surface area contributed by atoms with Crippen molar-refractivity contribution in [3.8, 4) is 45.3 Å². The van der Waals surface area contributed by atoms with E-state index in [1.54, 1.807) is 0 Å². The molecule has 8 aromatic carbocycles. The first-order chi connectivity index (χ1) is 30.6. The van der Waals surface area contributed by atoms with Crippen molar-refractivity contribution in [2.45, 2.75) is 0 Å². The van der Waals surface area contributed by atoms with Gasteiger partial charge in [-0.05, 0) is 40.5 Å². The quantitative estimate of drug-likeness (QED) is 0.150. The molecule has 0 bridgehead atoms. The SMILES string of the molecule is N=C(/C(=C1\NC(c2ccccc2)=Cc2ccccc21)c1ccc(-c2nc(-c3ccccc3)nc(-c3cccc(-c4cccc5c4oc4ccccc45)c3)n2)cc1)c1ccccc1. The number of para-hydroxylation sites is 2. The number of aromatic nitrogens is 3. The van der Waals surface area contributed by atoms with E-state index in [1.807, 2.05) is 127 Å². The number of fused-ring (bicyclic) bond motifs is 4. The third-order valence-corrected chi connectivity index (χ3v) is 11.4. The topological polar surface area (TPSA) is 87.7 Å². The van der Waals surface area contributed by atoms with Crippen LogP contribution in [0.4, 0.5) is 0 Å². The number of nitrogens with zero attached hydrogens (tertiary/aromatic N) is 3. The van der Waals surface area contributed by atoms with Gasteiger partial charge in [0, 0.05) is 55.4 Å². The summed E-state index contributed by atoms with van der Waals surface area (Å²) in [6, 6.07) is 69.6. The van der Waals surface area contributed by atoms with Gasteiger partial charge in [-0.2, -0.15) is 0 Å². The number of rotatable bonds is 8. The Hall–Kier alpha value is -8.48. The fraction of sp³-hybridized carbons (Fsp3) is 0. The van der Waals surface area contributed by atoms with Crippen LogP contribution in [0.5, 0.6) is 0 Å². The summed E-state index contributed by atoms with van der Waals surface area (Å²) in [7, 11) is 0. The second kappa shape index (κ2) is 15.6. The number of hydrogen-bond donors (Lipinski definition) is 2. The van der Waals surface area contributed by atoms with Crippen LogP contribution in [0.15, 0.2) is 211 Å². The van der Waals surface area contributed by atoms with Crippen molar-refractivity contribution in [3.05, 3.63) is 234 Å². The molecule has 62 heavy (non-hydrogen) atoms. The maximum Gasteiger partial charge on any atom is 0.164 e. The molecule has 11 rings (SSSR count). The summed E-state index contributed by atoms with van der Waals surface area (Å²) in [6.45, 7) is 0. The van der Waals surface area contributed by atoms with E-state index in [2.05, 4.69) is 90.3 Å². The van der Waals surface area contributed by atoms with Gasteiger partial charge < -0.3 is 9.73 Å². The molecule has 10 aromatic rings. The van der Waals surface area contributed by atoms with E-state index >= 15 is 0 Å². The maximum absolute atomic E-state index is 9.73. The van der Waals surface area contributed by atoms with Crippen molar-refractivity contribution >= 4 is 50.7 Å². The Kier molecular flexibility index (Phi) is 9.21. The summed E-state index contributed by atoms with van der Waals surface area (Å²) in [5.74, 6) is 1.69. The van der Waals surface area contributed by atoms with Crippen LogP contribution in [0.1, 0.15) is 27.8 Å². The molecule has 0 atom stereocenters. The van der Waals surface area contributed by atoms with E-state index in [1.165, 1.54) is 0 Å². The molecular formula is C56H37N5O. The predicted octanol–water partition coefficient (Wildman–Crippen LogP) is 13.5. The minimum Gasteiger partial charge on any atom is -0.455 e. The molecule has 2 aromatic heterocycles. The molecule has 0 saturated carbocycles. The highest BCUT2D eigenvalue weighted by Gasteiger charge is 2.24. The summed E-state index contributed by atoms with van der Waals surface area (Å²) in [6.07, 6.45) is 2.18. The maximum atomic E-state index is 9.73. The van der Waals surface area contributed by atoms with E-state index in [0.29, 0.717) is 23.2 Å². The Morgan fingerprint density at radius 1 is 0.435 bits per heavy atom. The second-order valence-electron chi connectivity index (χ2n) is 15.2. The third-order valence-electron chi connectivity index (χ3n) is 11.4. The van der Waals surface area contributed by atoms with E-state index in [4.69, 9.17) is 19.4 Å². The van der Waals surface area contributed by atoms with Crippen molar-refractivity contribution in [1.82, 2.24) is 20.3 Å². The van der Waals surface area contributed by atoms with Crippen LogP contribution in [-0.4, -0.2) is 20.7 Å². The fourth-order valence-corrected chi connectivity index (χ4v) is 8.31.